The van der Waals surface area contributed by atoms with Gasteiger partial charge < -0.3 is 24.6 Å². The Labute approximate surface area is 129 Å². The molecule has 1 aromatic rings. The van der Waals surface area contributed by atoms with Gasteiger partial charge in [0, 0.05) is 13.7 Å². The zero-order valence-corrected chi connectivity index (χ0v) is 12.7. The topological polar surface area (TPSA) is 94.1 Å². The van der Waals surface area contributed by atoms with Crippen molar-refractivity contribution in [3.63, 3.8) is 0 Å². The molecule has 0 heterocycles. The average Bonchev–Trinajstić information content (AvgIpc) is 2.52. The van der Waals surface area contributed by atoms with Gasteiger partial charge in [-0.15, -0.1) is 0 Å². The maximum atomic E-state index is 12.1. The Bertz CT molecular complexity index is 491. The van der Waals surface area contributed by atoms with Crippen molar-refractivity contribution in [1.29, 1.82) is 0 Å². The van der Waals surface area contributed by atoms with Gasteiger partial charge in [0.15, 0.2) is 6.10 Å². The molecule has 0 saturated carbocycles. The summed E-state index contributed by atoms with van der Waals surface area (Å²) in [5, 5.41) is 11.4. The zero-order valence-electron chi connectivity index (χ0n) is 12.7. The van der Waals surface area contributed by atoms with E-state index in [0.717, 1.165) is 0 Å². The van der Waals surface area contributed by atoms with E-state index >= 15 is 0 Å². The molecule has 0 bridgehead atoms. The molecule has 0 aliphatic heterocycles. The van der Waals surface area contributed by atoms with Crippen LogP contribution in [0.1, 0.15) is 17.3 Å². The van der Waals surface area contributed by atoms with Crippen LogP contribution in [-0.2, 0) is 14.3 Å². The molecular weight excluding hydrogens is 290 g/mol. The maximum absolute atomic E-state index is 12.1. The third-order valence-electron chi connectivity index (χ3n) is 2.83. The first-order valence-corrected chi connectivity index (χ1v) is 6.93. The number of carbonyl (C=O) groups excluding carboxylic acids is 1. The summed E-state index contributed by atoms with van der Waals surface area (Å²) < 4.78 is 15.4. The first-order valence-electron chi connectivity index (χ1n) is 6.93. The lowest BCUT2D eigenvalue weighted by Crippen LogP contribution is -2.38. The minimum Gasteiger partial charge on any atom is -0.490 e. The van der Waals surface area contributed by atoms with Crippen molar-refractivity contribution in [3.05, 3.63) is 29.8 Å². The summed E-state index contributed by atoms with van der Waals surface area (Å²) in [5.41, 5.74) is 0.333. The van der Waals surface area contributed by atoms with Gasteiger partial charge in [0.05, 0.1) is 18.7 Å². The van der Waals surface area contributed by atoms with Crippen LogP contribution in [-0.4, -0.2) is 56.6 Å². The molecule has 1 atom stereocenters. The molecule has 0 aliphatic carbocycles. The highest BCUT2D eigenvalue weighted by molar-refractivity contribution is 5.97. The third kappa shape index (κ3) is 5.71. The second-order valence-electron chi connectivity index (χ2n) is 4.31. The number of benzene rings is 1. The Balaban J connectivity index is 2.62. The molecule has 1 unspecified atom stereocenters. The Morgan fingerprint density at radius 3 is 2.64 bits per heavy atom. The molecule has 7 nitrogen and oxygen atoms in total. The van der Waals surface area contributed by atoms with Crippen molar-refractivity contribution >= 4 is 11.9 Å². The summed E-state index contributed by atoms with van der Waals surface area (Å²) in [6.45, 7) is 3.11. The number of hydrogen-bond acceptors (Lipinski definition) is 5. The lowest BCUT2D eigenvalue weighted by atomic mass is 10.2. The quantitative estimate of drug-likeness (QED) is 0.624. The number of methoxy groups -OCH3 is 1. The normalized spacial score (nSPS) is 11.7. The summed E-state index contributed by atoms with van der Waals surface area (Å²) in [7, 11) is 1.27. The second-order valence-corrected chi connectivity index (χ2v) is 4.31. The van der Waals surface area contributed by atoms with Crippen molar-refractivity contribution in [3.8, 4) is 5.75 Å². The molecule has 0 saturated heterocycles. The Kier molecular flexibility index (Phi) is 7.95. The maximum Gasteiger partial charge on any atom is 0.334 e. The highest BCUT2D eigenvalue weighted by Gasteiger charge is 2.19. The number of nitrogens with one attached hydrogen (secondary N) is 1. The molecule has 1 rings (SSSR count). The Morgan fingerprint density at radius 1 is 1.27 bits per heavy atom. The van der Waals surface area contributed by atoms with Crippen molar-refractivity contribution in [2.75, 3.05) is 33.5 Å². The number of ether oxygens (including phenoxy) is 3. The largest absolute Gasteiger partial charge is 0.490 e. The lowest BCUT2D eigenvalue weighted by Gasteiger charge is -2.14. The molecular formula is C15H21NO6. The molecule has 0 aromatic heterocycles. The summed E-state index contributed by atoms with van der Waals surface area (Å²) in [4.78, 5) is 23.0. The standard InChI is InChI=1S/C15H21NO6/c1-3-21-8-9-22-12-7-5-4-6-11(12)14(17)16-10-13(20-2)15(18)19/h4-7,13H,3,8-10H2,1-2H3,(H,16,17)(H,18,19). The van der Waals surface area contributed by atoms with Gasteiger partial charge in [0.25, 0.3) is 5.91 Å². The van der Waals surface area contributed by atoms with Crippen LogP contribution >= 0.6 is 0 Å². The van der Waals surface area contributed by atoms with E-state index < -0.39 is 18.0 Å². The minimum absolute atomic E-state index is 0.127. The summed E-state index contributed by atoms with van der Waals surface area (Å²) in [6.07, 6.45) is -1.09. The number of amides is 1. The van der Waals surface area contributed by atoms with Crippen LogP contribution in [0.3, 0.4) is 0 Å². The van der Waals surface area contributed by atoms with Crippen LogP contribution in [0.5, 0.6) is 5.75 Å². The molecule has 1 amide bonds. The van der Waals surface area contributed by atoms with Gasteiger partial charge in [-0.25, -0.2) is 4.79 Å². The molecule has 0 radical (unpaired) electrons. The van der Waals surface area contributed by atoms with Crippen molar-refractivity contribution in [2.24, 2.45) is 0 Å². The van der Waals surface area contributed by atoms with Gasteiger partial charge in [0.1, 0.15) is 12.4 Å². The zero-order chi connectivity index (χ0) is 16.4. The molecule has 1 aromatic carbocycles. The van der Waals surface area contributed by atoms with E-state index in [1.54, 1.807) is 24.3 Å². The number of rotatable bonds is 10. The van der Waals surface area contributed by atoms with Crippen molar-refractivity contribution in [2.45, 2.75) is 13.0 Å². The van der Waals surface area contributed by atoms with Crippen LogP contribution in [0.25, 0.3) is 0 Å². The molecule has 0 aliphatic rings. The number of carbonyl (C=O) groups is 2. The van der Waals surface area contributed by atoms with E-state index in [-0.39, 0.29) is 6.54 Å². The number of aliphatic carboxylic acids is 1. The molecule has 122 valence electrons. The molecule has 2 N–H and O–H groups in total. The molecule has 0 spiro atoms. The first-order chi connectivity index (χ1) is 10.6. The van der Waals surface area contributed by atoms with E-state index in [2.05, 4.69) is 5.32 Å². The number of para-hydroxylation sites is 1. The summed E-state index contributed by atoms with van der Waals surface area (Å²) >= 11 is 0. The average molecular weight is 311 g/mol. The summed E-state index contributed by atoms with van der Waals surface area (Å²) in [6, 6.07) is 6.73. The van der Waals surface area contributed by atoms with Crippen molar-refractivity contribution in [1.82, 2.24) is 5.32 Å². The highest BCUT2D eigenvalue weighted by atomic mass is 16.5. The van der Waals surface area contributed by atoms with Gasteiger partial charge in [0.2, 0.25) is 0 Å². The SMILES string of the molecule is CCOCCOc1ccccc1C(=O)NCC(OC)C(=O)O. The Hall–Kier alpha value is -2.12. The number of carboxylic acid groups (broad SMARTS) is 1. The van der Waals surface area contributed by atoms with Gasteiger partial charge in [-0.2, -0.15) is 0 Å². The van der Waals surface area contributed by atoms with E-state index in [0.29, 0.717) is 31.1 Å². The van der Waals surface area contributed by atoms with Crippen LogP contribution in [0, 0.1) is 0 Å². The van der Waals surface area contributed by atoms with Gasteiger partial charge in [-0.05, 0) is 19.1 Å². The van der Waals surface area contributed by atoms with E-state index in [4.69, 9.17) is 19.3 Å². The molecule has 22 heavy (non-hydrogen) atoms. The predicted molar refractivity (Wildman–Crippen MR) is 79.2 cm³/mol. The van der Waals surface area contributed by atoms with E-state index in [9.17, 15) is 9.59 Å². The van der Waals surface area contributed by atoms with Crippen LogP contribution < -0.4 is 10.1 Å². The second kappa shape index (κ2) is 9.75. The minimum atomic E-state index is -1.14. The van der Waals surface area contributed by atoms with Crippen LogP contribution in [0.2, 0.25) is 0 Å². The first kappa shape index (κ1) is 17.9. The molecule has 7 heteroatoms. The monoisotopic (exact) mass is 311 g/mol. The van der Waals surface area contributed by atoms with Crippen LogP contribution in [0.15, 0.2) is 24.3 Å². The number of hydrogen-bond donors (Lipinski definition) is 2. The smallest absolute Gasteiger partial charge is 0.334 e. The van der Waals surface area contributed by atoms with Crippen molar-refractivity contribution < 1.29 is 28.9 Å². The van der Waals surface area contributed by atoms with Gasteiger partial charge in [-0.1, -0.05) is 12.1 Å². The Morgan fingerprint density at radius 2 is 2.00 bits per heavy atom. The molecule has 0 fully saturated rings. The third-order valence-corrected chi connectivity index (χ3v) is 2.83. The van der Waals surface area contributed by atoms with E-state index in [1.165, 1.54) is 7.11 Å². The van der Waals surface area contributed by atoms with Gasteiger partial charge in [-0.3, -0.25) is 4.79 Å². The predicted octanol–water partition coefficient (Wildman–Crippen LogP) is 0.931. The fourth-order valence-electron chi connectivity index (χ4n) is 1.69. The van der Waals surface area contributed by atoms with E-state index in [1.807, 2.05) is 6.92 Å². The fourth-order valence-corrected chi connectivity index (χ4v) is 1.69. The summed E-state index contributed by atoms with van der Waals surface area (Å²) in [5.74, 6) is -1.14. The van der Waals surface area contributed by atoms with Crippen LogP contribution in [0.4, 0.5) is 0 Å². The highest BCUT2D eigenvalue weighted by Crippen LogP contribution is 2.17. The fraction of sp³-hybridized carbons (Fsp3) is 0.467. The number of carboxylic acids is 1. The van der Waals surface area contributed by atoms with Gasteiger partial charge >= 0.3 is 5.97 Å². The lowest BCUT2D eigenvalue weighted by molar-refractivity contribution is -0.148.